The van der Waals surface area contributed by atoms with Crippen molar-refractivity contribution in [2.75, 3.05) is 44.4 Å². The zero-order valence-electron chi connectivity index (χ0n) is 17.6. The molecule has 12 heteroatoms. The summed E-state index contributed by atoms with van der Waals surface area (Å²) in [5, 5.41) is 10.9. The van der Waals surface area contributed by atoms with E-state index >= 15 is 0 Å². The van der Waals surface area contributed by atoms with Crippen LogP contribution in [-0.2, 0) is 14.6 Å². The summed E-state index contributed by atoms with van der Waals surface area (Å²) in [6, 6.07) is 3.01. The number of thiophene rings is 1. The fourth-order valence-electron chi connectivity index (χ4n) is 3.22. The van der Waals surface area contributed by atoms with E-state index in [1.807, 2.05) is 0 Å². The fourth-order valence-corrected chi connectivity index (χ4v) is 7.69. The molecule has 1 aliphatic rings. The molecule has 2 aromatic rings. The van der Waals surface area contributed by atoms with Gasteiger partial charge in [0.1, 0.15) is 11.7 Å². The molecule has 0 atom stereocenters. The quantitative estimate of drug-likeness (QED) is 0.261. The van der Waals surface area contributed by atoms with Crippen LogP contribution in [0.15, 0.2) is 36.8 Å². The first-order valence-electron chi connectivity index (χ1n) is 9.56. The molecule has 1 aliphatic heterocycles. The Morgan fingerprint density at radius 1 is 1.42 bits per heavy atom. The molecule has 0 radical (unpaired) electrons. The molecule has 0 bridgehead atoms. The van der Waals surface area contributed by atoms with Crippen molar-refractivity contribution in [2.24, 2.45) is 5.73 Å². The van der Waals surface area contributed by atoms with E-state index in [-0.39, 0.29) is 21.2 Å². The smallest absolute Gasteiger partial charge is 0.210 e. The van der Waals surface area contributed by atoms with Gasteiger partial charge in [-0.05, 0) is 48.2 Å². The van der Waals surface area contributed by atoms with Gasteiger partial charge in [-0.15, -0.1) is 23.1 Å². The van der Waals surface area contributed by atoms with E-state index in [1.165, 1.54) is 35.4 Å². The van der Waals surface area contributed by atoms with E-state index in [9.17, 15) is 8.42 Å². The van der Waals surface area contributed by atoms with E-state index < -0.39 is 9.84 Å². The second-order valence-corrected chi connectivity index (χ2v) is 12.6. The highest BCUT2D eigenvalue weighted by atomic mass is 79.9. The highest BCUT2D eigenvalue weighted by molar-refractivity contribution is 9.10. The van der Waals surface area contributed by atoms with Crippen molar-refractivity contribution in [3.05, 3.63) is 27.7 Å². The second kappa shape index (κ2) is 9.75. The Morgan fingerprint density at radius 3 is 2.68 bits per heavy atom. The number of nitrogens with zero attached hydrogens (tertiary/aromatic N) is 2. The molecule has 31 heavy (non-hydrogen) atoms. The number of pyridine rings is 1. The molecule has 0 unspecified atom stereocenters. The lowest BCUT2D eigenvalue weighted by atomic mass is 10.0. The summed E-state index contributed by atoms with van der Waals surface area (Å²) in [5.41, 5.74) is 5.44. The topological polar surface area (TPSA) is 121 Å². The first kappa shape index (κ1) is 24.5. The number of halogens is 1. The van der Waals surface area contributed by atoms with Crippen molar-refractivity contribution >= 4 is 60.5 Å². The van der Waals surface area contributed by atoms with Gasteiger partial charge in [0.05, 0.1) is 36.6 Å². The lowest BCUT2D eigenvalue weighted by Crippen LogP contribution is -2.53. The molecule has 0 spiro atoms. The van der Waals surface area contributed by atoms with E-state index in [0.29, 0.717) is 25.9 Å². The van der Waals surface area contributed by atoms with Crippen LogP contribution in [0.2, 0.25) is 0 Å². The number of hydrogen-bond acceptors (Lipinski definition) is 9. The highest BCUT2D eigenvalue weighted by Crippen LogP contribution is 2.37. The number of nitrogens with one attached hydrogen (secondary N) is 2. The predicted octanol–water partition coefficient (Wildman–Crippen LogP) is 3.27. The predicted molar refractivity (Wildman–Crippen MR) is 129 cm³/mol. The number of nitrogen functional groups attached to an aromatic ring is 1. The lowest BCUT2D eigenvalue weighted by Gasteiger charge is -2.41. The molecular weight excluding hydrogens is 522 g/mol. The Labute approximate surface area is 199 Å². The minimum absolute atomic E-state index is 0.0839. The largest absolute Gasteiger partial charge is 0.383 e. The van der Waals surface area contributed by atoms with Crippen molar-refractivity contribution < 1.29 is 13.2 Å². The number of amidine groups is 1. The summed E-state index contributed by atoms with van der Waals surface area (Å²) < 4.78 is 33.0. The second-order valence-electron chi connectivity index (χ2n) is 7.65. The third-order valence-electron chi connectivity index (χ3n) is 5.09. The number of thioether (sulfide) groups is 1. The number of morpholine rings is 1. The molecule has 0 saturated carbocycles. The van der Waals surface area contributed by atoms with Gasteiger partial charge in [0.25, 0.3) is 0 Å². The molecule has 0 aromatic carbocycles. The van der Waals surface area contributed by atoms with Crippen molar-refractivity contribution in [2.45, 2.75) is 33.4 Å². The number of rotatable bonds is 8. The molecule has 1 saturated heterocycles. The average molecular weight is 549 g/mol. The van der Waals surface area contributed by atoms with Crippen LogP contribution in [0, 0.1) is 5.41 Å². The molecule has 0 aliphatic carbocycles. The Kier molecular flexibility index (Phi) is 7.70. The van der Waals surface area contributed by atoms with Crippen LogP contribution in [0.1, 0.15) is 18.7 Å². The number of nitrogens with two attached hydrogens (primary N) is 1. The Morgan fingerprint density at radius 2 is 2.10 bits per heavy atom. The van der Waals surface area contributed by atoms with E-state index in [2.05, 4.69) is 45.0 Å². The van der Waals surface area contributed by atoms with Crippen LogP contribution >= 0.6 is 39.0 Å². The van der Waals surface area contributed by atoms with Gasteiger partial charge in [-0.25, -0.2) is 13.4 Å². The normalized spacial score (nSPS) is 15.7. The molecule has 3 heterocycles. The standard InChI is InChI=1S/C19H26BrN5O3S3/c1-19(2,25-4-6-28-7-5-25)11-24-17-13(20)8-12(10-23-17)31(26,27)15-9-14(16(21)22)30-18(15)29-3/h8-10H,4-7,11H2,1-3H3,(H3,21,22)(H,23,24). The van der Waals surface area contributed by atoms with Crippen molar-refractivity contribution in [3.63, 3.8) is 0 Å². The van der Waals surface area contributed by atoms with Gasteiger partial charge < -0.3 is 15.8 Å². The molecule has 2 aromatic heterocycles. The Bertz CT molecular complexity index is 1070. The summed E-state index contributed by atoms with van der Waals surface area (Å²) in [6.45, 7) is 8.17. The fraction of sp³-hybridized carbons (Fsp3) is 0.474. The summed E-state index contributed by atoms with van der Waals surface area (Å²) in [4.78, 5) is 7.39. The van der Waals surface area contributed by atoms with Gasteiger partial charge in [-0.2, -0.15) is 0 Å². The maximum atomic E-state index is 13.2. The van der Waals surface area contributed by atoms with Gasteiger partial charge in [-0.3, -0.25) is 10.3 Å². The van der Waals surface area contributed by atoms with E-state index in [0.717, 1.165) is 26.3 Å². The van der Waals surface area contributed by atoms with Crippen LogP contribution < -0.4 is 11.1 Å². The maximum absolute atomic E-state index is 13.2. The zero-order chi connectivity index (χ0) is 22.8. The SMILES string of the molecule is CSc1sc(C(=N)N)cc1S(=O)(=O)c1cnc(NCC(C)(C)N2CCOCC2)c(Br)c1. The highest BCUT2D eigenvalue weighted by Gasteiger charge is 2.29. The Balaban J connectivity index is 1.81. The molecule has 1 fully saturated rings. The van der Waals surface area contributed by atoms with E-state index in [1.54, 1.807) is 12.3 Å². The first-order valence-corrected chi connectivity index (χ1v) is 13.9. The average Bonchev–Trinajstić information content (AvgIpc) is 3.19. The number of aromatic nitrogens is 1. The summed E-state index contributed by atoms with van der Waals surface area (Å²) >= 11 is 5.97. The van der Waals surface area contributed by atoms with Crippen molar-refractivity contribution in [3.8, 4) is 0 Å². The minimum Gasteiger partial charge on any atom is -0.383 e. The van der Waals surface area contributed by atoms with E-state index in [4.69, 9.17) is 15.9 Å². The van der Waals surface area contributed by atoms with Crippen LogP contribution in [0.4, 0.5) is 5.82 Å². The first-order chi connectivity index (χ1) is 14.6. The van der Waals surface area contributed by atoms with Crippen LogP contribution in [-0.4, -0.2) is 68.8 Å². The van der Waals surface area contributed by atoms with Crippen molar-refractivity contribution in [1.82, 2.24) is 9.88 Å². The summed E-state index contributed by atoms with van der Waals surface area (Å²) in [5.74, 6) is 0.434. The molecular formula is C19H26BrN5O3S3. The van der Waals surface area contributed by atoms with Crippen LogP contribution in [0.25, 0.3) is 0 Å². The Hall–Kier alpha value is -1.18. The van der Waals surface area contributed by atoms with Gasteiger partial charge in [0.15, 0.2) is 0 Å². The monoisotopic (exact) mass is 547 g/mol. The minimum atomic E-state index is -3.80. The maximum Gasteiger partial charge on any atom is 0.210 e. The number of sulfone groups is 1. The molecule has 3 rings (SSSR count). The number of anilines is 1. The number of hydrogen-bond donors (Lipinski definition) is 3. The van der Waals surface area contributed by atoms with Gasteiger partial charge in [0, 0.05) is 31.4 Å². The summed E-state index contributed by atoms with van der Waals surface area (Å²) in [7, 11) is -3.80. The molecule has 8 nitrogen and oxygen atoms in total. The molecule has 170 valence electrons. The van der Waals surface area contributed by atoms with Crippen molar-refractivity contribution in [1.29, 1.82) is 5.41 Å². The van der Waals surface area contributed by atoms with Crippen LogP contribution in [0.5, 0.6) is 0 Å². The third kappa shape index (κ3) is 5.42. The van der Waals surface area contributed by atoms with Gasteiger partial charge >= 0.3 is 0 Å². The zero-order valence-corrected chi connectivity index (χ0v) is 21.6. The third-order valence-corrected chi connectivity index (χ3v) is 10.00. The lowest BCUT2D eigenvalue weighted by molar-refractivity contribution is -0.00570. The van der Waals surface area contributed by atoms with Gasteiger partial charge in [-0.1, -0.05) is 0 Å². The summed E-state index contributed by atoms with van der Waals surface area (Å²) in [6.07, 6.45) is 3.16. The van der Waals surface area contributed by atoms with Gasteiger partial charge in [0.2, 0.25) is 9.84 Å². The van der Waals surface area contributed by atoms with Crippen LogP contribution in [0.3, 0.4) is 0 Å². The molecule has 0 amide bonds. The molecule has 4 N–H and O–H groups in total. The number of ether oxygens (including phenoxy) is 1.